The Hall–Kier alpha value is -2.89. The molecule has 6 atom stereocenters. The molecule has 0 saturated carbocycles. The second kappa shape index (κ2) is 7.74. The van der Waals surface area contributed by atoms with Crippen LogP contribution in [0.1, 0.15) is 21.8 Å². The average Bonchev–Trinajstić information content (AvgIpc) is 2.71. The van der Waals surface area contributed by atoms with Crippen LogP contribution in [0.5, 0.6) is 23.0 Å². The number of ketones is 1. The number of ether oxygens (including phenoxy) is 3. The lowest BCUT2D eigenvalue weighted by molar-refractivity contribution is -0.321. The van der Waals surface area contributed by atoms with Crippen molar-refractivity contribution < 1.29 is 49.6 Å². The van der Waals surface area contributed by atoms with Crippen LogP contribution in [0.4, 0.5) is 0 Å². The van der Waals surface area contributed by atoms with E-state index in [4.69, 9.17) is 14.2 Å². The molecule has 0 aromatic heterocycles. The van der Waals surface area contributed by atoms with Gasteiger partial charge in [-0.1, -0.05) is 12.1 Å². The van der Waals surface area contributed by atoms with Crippen molar-refractivity contribution in [3.05, 3.63) is 47.5 Å². The first-order chi connectivity index (χ1) is 14.3. The Balaban J connectivity index is 1.57. The van der Waals surface area contributed by atoms with Gasteiger partial charge in [0.25, 0.3) is 0 Å². The minimum Gasteiger partial charge on any atom is -0.508 e. The SMILES string of the molecule is O=C1c2c(O)cc(O[C@@H]3O[C@H](O)[C@@H](O)[C@H](O)[C@H]3O)cc2OCC1c1ccc(O)cc1. The van der Waals surface area contributed by atoms with Crippen LogP contribution in [0.15, 0.2) is 36.4 Å². The minimum absolute atomic E-state index is 0.00826. The molecule has 1 unspecified atom stereocenters. The summed E-state index contributed by atoms with van der Waals surface area (Å²) < 4.78 is 15.9. The third-order valence-corrected chi connectivity index (χ3v) is 5.12. The highest BCUT2D eigenvalue weighted by Crippen LogP contribution is 2.41. The summed E-state index contributed by atoms with van der Waals surface area (Å²) in [5.74, 6) is -1.43. The van der Waals surface area contributed by atoms with Crippen molar-refractivity contribution in [1.29, 1.82) is 0 Å². The second-order valence-electron chi connectivity index (χ2n) is 7.12. The number of phenols is 2. The summed E-state index contributed by atoms with van der Waals surface area (Å²) >= 11 is 0. The van der Waals surface area contributed by atoms with E-state index in [0.717, 1.165) is 6.07 Å². The van der Waals surface area contributed by atoms with Gasteiger partial charge in [-0.25, -0.2) is 0 Å². The topological polar surface area (TPSA) is 166 Å². The fourth-order valence-electron chi connectivity index (χ4n) is 3.44. The molecule has 0 spiro atoms. The predicted octanol–water partition coefficient (Wildman–Crippen LogP) is -0.407. The maximum Gasteiger partial charge on any atom is 0.231 e. The maximum atomic E-state index is 12.9. The van der Waals surface area contributed by atoms with Crippen LogP contribution in [0.2, 0.25) is 0 Å². The number of aromatic hydroxyl groups is 2. The Bertz CT molecular complexity index is 943. The predicted molar refractivity (Wildman–Crippen MR) is 98.3 cm³/mol. The molecule has 2 aliphatic heterocycles. The van der Waals surface area contributed by atoms with Crippen molar-refractivity contribution in [1.82, 2.24) is 0 Å². The molecule has 30 heavy (non-hydrogen) atoms. The summed E-state index contributed by atoms with van der Waals surface area (Å²) in [6, 6.07) is 8.49. The van der Waals surface area contributed by atoms with Crippen molar-refractivity contribution in [3.63, 3.8) is 0 Å². The molecule has 2 aromatic carbocycles. The monoisotopic (exact) mass is 420 g/mol. The van der Waals surface area contributed by atoms with Crippen LogP contribution >= 0.6 is 0 Å². The molecule has 10 heteroatoms. The van der Waals surface area contributed by atoms with Crippen molar-refractivity contribution >= 4 is 5.78 Å². The Morgan fingerprint density at radius 2 is 1.63 bits per heavy atom. The lowest BCUT2D eigenvalue weighted by Crippen LogP contribution is -2.59. The van der Waals surface area contributed by atoms with Gasteiger partial charge in [0, 0.05) is 12.1 Å². The third kappa shape index (κ3) is 3.55. The Morgan fingerprint density at radius 3 is 2.33 bits per heavy atom. The van der Waals surface area contributed by atoms with Crippen molar-refractivity contribution in [2.75, 3.05) is 6.61 Å². The molecule has 0 radical (unpaired) electrons. The first kappa shape index (κ1) is 20.4. The lowest BCUT2D eigenvalue weighted by Gasteiger charge is -2.38. The molecule has 2 aliphatic rings. The van der Waals surface area contributed by atoms with E-state index in [1.807, 2.05) is 0 Å². The highest BCUT2D eigenvalue weighted by atomic mass is 16.7. The van der Waals surface area contributed by atoms with Crippen LogP contribution in [0.3, 0.4) is 0 Å². The summed E-state index contributed by atoms with van der Waals surface area (Å²) in [5, 5.41) is 58.6. The third-order valence-electron chi connectivity index (χ3n) is 5.12. The number of hydrogen-bond donors (Lipinski definition) is 6. The van der Waals surface area contributed by atoms with Gasteiger partial charge < -0.3 is 44.8 Å². The summed E-state index contributed by atoms with van der Waals surface area (Å²) in [7, 11) is 0. The Morgan fingerprint density at radius 1 is 0.933 bits per heavy atom. The molecule has 2 aromatic rings. The number of Topliss-reactive ketones (excluding diaryl/α,β-unsaturated/α-hetero) is 1. The Labute approximate surface area is 170 Å². The van der Waals surface area contributed by atoms with Gasteiger partial charge in [0.1, 0.15) is 53.5 Å². The van der Waals surface area contributed by atoms with Gasteiger partial charge in [0.2, 0.25) is 6.29 Å². The van der Waals surface area contributed by atoms with Gasteiger partial charge in [-0.2, -0.15) is 0 Å². The maximum absolute atomic E-state index is 12.9. The van der Waals surface area contributed by atoms with E-state index < -0.39 is 42.6 Å². The molecule has 1 saturated heterocycles. The summed E-state index contributed by atoms with van der Waals surface area (Å²) in [4.78, 5) is 12.9. The van der Waals surface area contributed by atoms with E-state index in [1.54, 1.807) is 12.1 Å². The molecular formula is C20H20O10. The summed E-state index contributed by atoms with van der Waals surface area (Å²) in [6.45, 7) is -0.00826. The summed E-state index contributed by atoms with van der Waals surface area (Å²) in [5.41, 5.74) is 0.565. The van der Waals surface area contributed by atoms with Gasteiger partial charge in [0.05, 0.1) is 5.92 Å². The van der Waals surface area contributed by atoms with Gasteiger partial charge in [-0.15, -0.1) is 0 Å². The number of carbonyl (C=O) groups is 1. The van der Waals surface area contributed by atoms with Gasteiger partial charge in [-0.3, -0.25) is 4.79 Å². The van der Waals surface area contributed by atoms with Gasteiger partial charge >= 0.3 is 0 Å². The highest BCUT2D eigenvalue weighted by Gasteiger charge is 2.44. The van der Waals surface area contributed by atoms with E-state index in [9.17, 15) is 35.4 Å². The smallest absolute Gasteiger partial charge is 0.231 e. The van der Waals surface area contributed by atoms with Crippen molar-refractivity contribution in [2.45, 2.75) is 36.8 Å². The van der Waals surface area contributed by atoms with Crippen molar-refractivity contribution in [3.8, 4) is 23.0 Å². The van der Waals surface area contributed by atoms with E-state index in [-0.39, 0.29) is 35.2 Å². The normalized spacial score (nSPS) is 31.0. The van der Waals surface area contributed by atoms with E-state index in [0.29, 0.717) is 5.56 Å². The molecule has 0 amide bonds. The number of phenolic OH excluding ortho intramolecular Hbond substituents is 2. The summed E-state index contributed by atoms with van der Waals surface area (Å²) in [6.07, 6.45) is -8.44. The zero-order valence-electron chi connectivity index (χ0n) is 15.5. The molecule has 2 heterocycles. The largest absolute Gasteiger partial charge is 0.508 e. The molecule has 6 N–H and O–H groups in total. The standard InChI is InChI=1S/C20H20O10/c21-9-3-1-8(2-4-9)11-7-28-13-6-10(5-12(22)14(13)15(11)23)29-20-18(26)16(24)17(25)19(27)30-20/h1-6,11,16-22,24-27H,7H2/t11?,16-,17-,18+,19-,20+/m0/s1. The second-order valence-corrected chi connectivity index (χ2v) is 7.12. The quantitative estimate of drug-likeness (QED) is 0.384. The first-order valence-corrected chi connectivity index (χ1v) is 9.13. The van der Waals surface area contributed by atoms with Crippen LogP contribution < -0.4 is 9.47 Å². The van der Waals surface area contributed by atoms with Crippen LogP contribution in [0.25, 0.3) is 0 Å². The van der Waals surface area contributed by atoms with E-state index >= 15 is 0 Å². The highest BCUT2D eigenvalue weighted by molar-refractivity contribution is 6.06. The molecule has 4 rings (SSSR count). The fraction of sp³-hybridized carbons (Fsp3) is 0.350. The van der Waals surface area contributed by atoms with Crippen molar-refractivity contribution in [2.24, 2.45) is 0 Å². The minimum atomic E-state index is -1.79. The molecular weight excluding hydrogens is 400 g/mol. The van der Waals surface area contributed by atoms with E-state index in [1.165, 1.54) is 18.2 Å². The van der Waals surface area contributed by atoms with Gasteiger partial charge in [-0.05, 0) is 17.7 Å². The molecule has 160 valence electrons. The van der Waals surface area contributed by atoms with E-state index in [2.05, 4.69) is 0 Å². The molecule has 1 fully saturated rings. The zero-order valence-corrected chi connectivity index (χ0v) is 15.5. The number of rotatable bonds is 3. The first-order valence-electron chi connectivity index (χ1n) is 9.13. The van der Waals surface area contributed by atoms with Crippen LogP contribution in [-0.2, 0) is 4.74 Å². The zero-order chi connectivity index (χ0) is 21.6. The van der Waals surface area contributed by atoms with Crippen LogP contribution in [0, 0.1) is 0 Å². The molecule has 0 bridgehead atoms. The number of fused-ring (bicyclic) bond motifs is 1. The van der Waals surface area contributed by atoms with Crippen LogP contribution in [-0.4, -0.2) is 73.9 Å². The number of carbonyl (C=O) groups excluding carboxylic acids is 1. The fourth-order valence-corrected chi connectivity index (χ4v) is 3.44. The number of aliphatic hydroxyl groups is 4. The lowest BCUT2D eigenvalue weighted by atomic mass is 9.88. The Kier molecular flexibility index (Phi) is 5.26. The van der Waals surface area contributed by atoms with Gasteiger partial charge in [0.15, 0.2) is 12.1 Å². The number of hydrogen-bond acceptors (Lipinski definition) is 10. The molecule has 0 aliphatic carbocycles. The molecule has 10 nitrogen and oxygen atoms in total. The number of benzene rings is 2. The number of aliphatic hydroxyl groups excluding tert-OH is 4. The average molecular weight is 420 g/mol.